The number of para-hydroxylation sites is 1. The molecule has 3 rings (SSSR count). The molecule has 0 aliphatic carbocycles. The number of benzene rings is 2. The van der Waals surface area contributed by atoms with E-state index in [1.54, 1.807) is 0 Å². The second-order valence-electron chi connectivity index (χ2n) is 5.34. The molecule has 0 saturated carbocycles. The number of pyridine rings is 1. The van der Waals surface area contributed by atoms with Gasteiger partial charge in [-0.1, -0.05) is 30.3 Å². The summed E-state index contributed by atoms with van der Waals surface area (Å²) in [5.41, 5.74) is 10.9. The fourth-order valence-electron chi connectivity index (χ4n) is 2.78. The van der Waals surface area contributed by atoms with E-state index in [2.05, 4.69) is 43.0 Å². The third-order valence-corrected chi connectivity index (χ3v) is 4.00. The van der Waals surface area contributed by atoms with Gasteiger partial charge >= 0.3 is 0 Å². The summed E-state index contributed by atoms with van der Waals surface area (Å²) in [6, 6.07) is 18.4. The number of nitrogens with two attached hydrogens (primary N) is 1. The number of nitrogens with zero attached hydrogens (tertiary/aromatic N) is 2. The van der Waals surface area contributed by atoms with E-state index in [4.69, 9.17) is 10.7 Å². The summed E-state index contributed by atoms with van der Waals surface area (Å²) in [6.07, 6.45) is 0. The van der Waals surface area contributed by atoms with Gasteiger partial charge in [0.15, 0.2) is 0 Å². The third-order valence-electron chi connectivity index (χ3n) is 4.00. The van der Waals surface area contributed by atoms with Crippen LogP contribution >= 0.6 is 0 Å². The van der Waals surface area contributed by atoms with Gasteiger partial charge in [-0.15, -0.1) is 0 Å². The fraction of sp³-hybridized carbons (Fsp3) is 0.211. The molecule has 0 unspecified atom stereocenters. The highest BCUT2D eigenvalue weighted by Gasteiger charge is 2.11. The lowest BCUT2D eigenvalue weighted by Gasteiger charge is -2.23. The zero-order valence-electron chi connectivity index (χ0n) is 13.1. The standard InChI is InChI=1S/C19H21N3/c1-3-22(4-2)19-13-18(14-9-11-15(20)12-10-14)21-17-8-6-5-7-16(17)19/h5-13H,3-4,20H2,1-2H3. The molecule has 0 atom stereocenters. The first-order chi connectivity index (χ1) is 10.7. The summed E-state index contributed by atoms with van der Waals surface area (Å²) >= 11 is 0. The average Bonchev–Trinajstić information content (AvgIpc) is 2.56. The summed E-state index contributed by atoms with van der Waals surface area (Å²) in [5.74, 6) is 0. The van der Waals surface area contributed by atoms with Crippen LogP contribution in [-0.2, 0) is 0 Å². The van der Waals surface area contributed by atoms with Crippen molar-refractivity contribution in [2.24, 2.45) is 0 Å². The van der Waals surface area contributed by atoms with E-state index in [1.165, 1.54) is 11.1 Å². The highest BCUT2D eigenvalue weighted by Crippen LogP contribution is 2.31. The Balaban J connectivity index is 2.22. The van der Waals surface area contributed by atoms with E-state index in [1.807, 2.05) is 30.3 Å². The molecule has 112 valence electrons. The van der Waals surface area contributed by atoms with Crippen LogP contribution < -0.4 is 10.6 Å². The average molecular weight is 291 g/mol. The molecule has 0 fully saturated rings. The molecule has 1 heterocycles. The summed E-state index contributed by atoms with van der Waals surface area (Å²) < 4.78 is 0. The molecule has 0 saturated heterocycles. The Bertz CT molecular complexity index is 774. The Morgan fingerprint density at radius 1 is 0.955 bits per heavy atom. The van der Waals surface area contributed by atoms with Crippen molar-refractivity contribution < 1.29 is 0 Å². The van der Waals surface area contributed by atoms with Crippen molar-refractivity contribution >= 4 is 22.3 Å². The van der Waals surface area contributed by atoms with Crippen molar-refractivity contribution in [2.75, 3.05) is 23.7 Å². The first-order valence-corrected chi connectivity index (χ1v) is 7.73. The third kappa shape index (κ3) is 2.62. The number of nitrogen functional groups attached to an aromatic ring is 1. The van der Waals surface area contributed by atoms with Gasteiger partial charge in [-0.05, 0) is 38.1 Å². The number of rotatable bonds is 4. The van der Waals surface area contributed by atoms with Crippen molar-refractivity contribution in [3.63, 3.8) is 0 Å². The van der Waals surface area contributed by atoms with Crippen LogP contribution in [-0.4, -0.2) is 18.1 Å². The molecule has 0 amide bonds. The number of hydrogen-bond donors (Lipinski definition) is 1. The molecular weight excluding hydrogens is 270 g/mol. The van der Waals surface area contributed by atoms with E-state index >= 15 is 0 Å². The van der Waals surface area contributed by atoms with Crippen molar-refractivity contribution in [3.05, 3.63) is 54.6 Å². The van der Waals surface area contributed by atoms with E-state index in [0.717, 1.165) is 35.6 Å². The van der Waals surface area contributed by atoms with Gasteiger partial charge in [-0.2, -0.15) is 0 Å². The van der Waals surface area contributed by atoms with Crippen molar-refractivity contribution in [2.45, 2.75) is 13.8 Å². The monoisotopic (exact) mass is 291 g/mol. The lowest BCUT2D eigenvalue weighted by atomic mass is 10.1. The second-order valence-corrected chi connectivity index (χ2v) is 5.34. The van der Waals surface area contributed by atoms with Crippen LogP contribution in [0.15, 0.2) is 54.6 Å². The molecular formula is C19H21N3. The maximum atomic E-state index is 5.79. The van der Waals surface area contributed by atoms with Crippen LogP contribution in [0.1, 0.15) is 13.8 Å². The predicted molar refractivity (Wildman–Crippen MR) is 95.2 cm³/mol. The van der Waals surface area contributed by atoms with Crippen LogP contribution in [0.5, 0.6) is 0 Å². The first-order valence-electron chi connectivity index (χ1n) is 7.73. The van der Waals surface area contributed by atoms with E-state index in [-0.39, 0.29) is 0 Å². The van der Waals surface area contributed by atoms with Crippen LogP contribution in [0.3, 0.4) is 0 Å². The van der Waals surface area contributed by atoms with E-state index in [0.29, 0.717) is 0 Å². The van der Waals surface area contributed by atoms with Gasteiger partial charge in [0, 0.05) is 35.4 Å². The molecule has 0 bridgehead atoms. The molecule has 1 aromatic heterocycles. The molecule has 3 nitrogen and oxygen atoms in total. The Kier molecular flexibility index (Phi) is 3.96. The van der Waals surface area contributed by atoms with Crippen LogP contribution in [0.4, 0.5) is 11.4 Å². The summed E-state index contributed by atoms with van der Waals surface area (Å²) in [7, 11) is 0. The van der Waals surface area contributed by atoms with Crippen LogP contribution in [0.2, 0.25) is 0 Å². The minimum atomic E-state index is 0.772. The van der Waals surface area contributed by atoms with Crippen molar-refractivity contribution in [1.29, 1.82) is 0 Å². The Morgan fingerprint density at radius 2 is 1.64 bits per heavy atom. The Morgan fingerprint density at radius 3 is 2.32 bits per heavy atom. The highest BCUT2D eigenvalue weighted by atomic mass is 15.1. The molecule has 0 radical (unpaired) electrons. The topological polar surface area (TPSA) is 42.1 Å². The number of fused-ring (bicyclic) bond motifs is 1. The van der Waals surface area contributed by atoms with Crippen LogP contribution in [0, 0.1) is 0 Å². The molecule has 0 aliphatic heterocycles. The Hall–Kier alpha value is -2.55. The minimum absolute atomic E-state index is 0.772. The predicted octanol–water partition coefficient (Wildman–Crippen LogP) is 4.33. The summed E-state index contributed by atoms with van der Waals surface area (Å²) in [5, 5.41) is 1.20. The van der Waals surface area contributed by atoms with Gasteiger partial charge in [0.05, 0.1) is 11.2 Å². The fourth-order valence-corrected chi connectivity index (χ4v) is 2.78. The molecule has 0 aliphatic rings. The maximum absolute atomic E-state index is 5.79. The molecule has 2 aromatic carbocycles. The van der Waals surface area contributed by atoms with Gasteiger partial charge in [-0.25, -0.2) is 4.98 Å². The number of anilines is 2. The van der Waals surface area contributed by atoms with Gasteiger partial charge in [0.25, 0.3) is 0 Å². The number of aromatic nitrogens is 1. The molecule has 22 heavy (non-hydrogen) atoms. The molecule has 3 aromatic rings. The minimum Gasteiger partial charge on any atom is -0.399 e. The Labute approximate surface area is 131 Å². The first kappa shape index (κ1) is 14.4. The smallest absolute Gasteiger partial charge is 0.0730 e. The lowest BCUT2D eigenvalue weighted by molar-refractivity contribution is 0.870. The largest absolute Gasteiger partial charge is 0.399 e. The van der Waals surface area contributed by atoms with Crippen molar-refractivity contribution in [1.82, 2.24) is 4.98 Å². The van der Waals surface area contributed by atoms with Crippen LogP contribution in [0.25, 0.3) is 22.2 Å². The normalized spacial score (nSPS) is 10.8. The lowest BCUT2D eigenvalue weighted by Crippen LogP contribution is -2.22. The summed E-state index contributed by atoms with van der Waals surface area (Å²) in [6.45, 7) is 6.32. The van der Waals surface area contributed by atoms with Gasteiger partial charge in [0.2, 0.25) is 0 Å². The number of hydrogen-bond acceptors (Lipinski definition) is 3. The zero-order chi connectivity index (χ0) is 15.5. The highest BCUT2D eigenvalue weighted by molar-refractivity contribution is 5.94. The van der Waals surface area contributed by atoms with Gasteiger partial charge < -0.3 is 10.6 Å². The quantitative estimate of drug-likeness (QED) is 0.727. The van der Waals surface area contributed by atoms with Crippen molar-refractivity contribution in [3.8, 4) is 11.3 Å². The zero-order valence-corrected chi connectivity index (χ0v) is 13.1. The SMILES string of the molecule is CCN(CC)c1cc(-c2ccc(N)cc2)nc2ccccc12. The van der Waals surface area contributed by atoms with E-state index in [9.17, 15) is 0 Å². The second kappa shape index (κ2) is 6.06. The molecule has 2 N–H and O–H groups in total. The summed E-state index contributed by atoms with van der Waals surface area (Å²) in [4.78, 5) is 7.19. The van der Waals surface area contributed by atoms with Gasteiger partial charge in [0.1, 0.15) is 0 Å². The van der Waals surface area contributed by atoms with Gasteiger partial charge in [-0.3, -0.25) is 0 Å². The molecule has 0 spiro atoms. The van der Waals surface area contributed by atoms with E-state index < -0.39 is 0 Å². The molecule has 3 heteroatoms. The maximum Gasteiger partial charge on any atom is 0.0730 e.